The molecule has 8 N–H and O–H groups in total. The van der Waals surface area contributed by atoms with Crippen LogP contribution in [0.1, 0.15) is 32.3 Å². The normalized spacial score (nSPS) is 13.6. The first-order chi connectivity index (χ1) is 16.5. The maximum atomic E-state index is 12.6. The first-order valence-electron chi connectivity index (χ1n) is 11.1. The summed E-state index contributed by atoms with van der Waals surface area (Å²) in [7, 11) is 0. The van der Waals surface area contributed by atoms with E-state index in [0.717, 1.165) is 16.5 Å². The molecule has 0 aliphatic heterocycles. The van der Waals surface area contributed by atoms with Crippen LogP contribution in [0.25, 0.3) is 10.9 Å². The molecule has 1 aromatic heterocycles. The smallest absolute Gasteiger partial charge is 0.326 e. The van der Waals surface area contributed by atoms with E-state index in [1.807, 2.05) is 38.1 Å². The Hall–Kier alpha value is -3.93. The molecule has 35 heavy (non-hydrogen) atoms. The zero-order chi connectivity index (χ0) is 26.1. The number of carbonyl (C=O) groups excluding carboxylic acids is 3. The van der Waals surface area contributed by atoms with Crippen LogP contribution < -0.4 is 21.7 Å². The number of aromatic amines is 1. The number of nitrogens with one attached hydrogen (secondary N) is 4. The zero-order valence-electron chi connectivity index (χ0n) is 19.5. The van der Waals surface area contributed by atoms with Crippen LogP contribution >= 0.6 is 0 Å². The molecule has 0 fully saturated rings. The fourth-order valence-corrected chi connectivity index (χ4v) is 3.52. The van der Waals surface area contributed by atoms with Crippen molar-refractivity contribution in [1.82, 2.24) is 20.9 Å². The molecule has 3 atom stereocenters. The van der Waals surface area contributed by atoms with Gasteiger partial charge in [-0.15, -0.1) is 0 Å². The second-order valence-electron chi connectivity index (χ2n) is 8.63. The molecule has 1 heterocycles. The Morgan fingerprint density at radius 1 is 1.00 bits per heavy atom. The number of nitrogens with two attached hydrogens (primary N) is 1. The molecule has 1 aromatic carbocycles. The highest BCUT2D eigenvalue weighted by Gasteiger charge is 2.27. The molecule has 0 aliphatic carbocycles. The van der Waals surface area contributed by atoms with Crippen LogP contribution in [0, 0.1) is 5.92 Å². The minimum Gasteiger partial charge on any atom is -0.481 e. The molecule has 3 unspecified atom stereocenters. The summed E-state index contributed by atoms with van der Waals surface area (Å²) < 4.78 is 0. The minimum absolute atomic E-state index is 0.0110. The second-order valence-corrected chi connectivity index (χ2v) is 8.63. The van der Waals surface area contributed by atoms with Crippen LogP contribution in [-0.4, -0.2) is 69.5 Å². The molecule has 12 nitrogen and oxygen atoms in total. The molecule has 12 heteroatoms. The van der Waals surface area contributed by atoms with Crippen molar-refractivity contribution in [2.75, 3.05) is 6.54 Å². The predicted molar refractivity (Wildman–Crippen MR) is 126 cm³/mol. The van der Waals surface area contributed by atoms with Crippen LogP contribution in [0.2, 0.25) is 0 Å². The van der Waals surface area contributed by atoms with E-state index in [0.29, 0.717) is 0 Å². The van der Waals surface area contributed by atoms with Crippen molar-refractivity contribution in [3.8, 4) is 0 Å². The zero-order valence-corrected chi connectivity index (χ0v) is 19.5. The van der Waals surface area contributed by atoms with Gasteiger partial charge in [0.1, 0.15) is 12.1 Å². The van der Waals surface area contributed by atoms with E-state index in [4.69, 9.17) is 10.8 Å². The Labute approximate surface area is 201 Å². The number of carboxylic acid groups (broad SMARTS) is 2. The summed E-state index contributed by atoms with van der Waals surface area (Å²) in [5.41, 5.74) is 7.10. The molecule has 2 aromatic rings. The lowest BCUT2D eigenvalue weighted by Crippen LogP contribution is -2.54. The van der Waals surface area contributed by atoms with Crippen LogP contribution in [0.4, 0.5) is 0 Å². The number of aliphatic carboxylic acids is 2. The van der Waals surface area contributed by atoms with E-state index in [-0.39, 0.29) is 18.8 Å². The van der Waals surface area contributed by atoms with E-state index in [1.54, 1.807) is 6.20 Å². The van der Waals surface area contributed by atoms with Gasteiger partial charge in [0, 0.05) is 23.5 Å². The number of aromatic nitrogens is 1. The third-order valence-electron chi connectivity index (χ3n) is 5.23. The third-order valence-corrected chi connectivity index (χ3v) is 5.23. The van der Waals surface area contributed by atoms with Gasteiger partial charge in [-0.2, -0.15) is 0 Å². The molecule has 0 aliphatic rings. The van der Waals surface area contributed by atoms with E-state index in [2.05, 4.69) is 20.9 Å². The number of hydrogen-bond donors (Lipinski definition) is 7. The van der Waals surface area contributed by atoms with Gasteiger partial charge in [0.05, 0.1) is 19.0 Å². The van der Waals surface area contributed by atoms with Crippen molar-refractivity contribution in [3.05, 3.63) is 36.0 Å². The molecule has 190 valence electrons. The van der Waals surface area contributed by atoms with Crippen molar-refractivity contribution < 1.29 is 34.2 Å². The average molecular weight is 490 g/mol. The number of para-hydroxylation sites is 1. The van der Waals surface area contributed by atoms with Gasteiger partial charge >= 0.3 is 11.9 Å². The predicted octanol–water partition coefficient (Wildman–Crippen LogP) is -0.271. The number of H-pyrrole nitrogens is 1. The molecule has 3 amide bonds. The lowest BCUT2D eigenvalue weighted by atomic mass is 10.0. The van der Waals surface area contributed by atoms with Gasteiger partial charge in [0.15, 0.2) is 0 Å². The number of hydrogen-bond acceptors (Lipinski definition) is 6. The molecular formula is C23H31N5O7. The standard InChI is InChI=1S/C23H31N5O7/c1-12(2)7-17(28-21(32)15(24)9-20(30)31)22(33)26-11-19(29)27-18(23(34)35)8-13-10-25-16-6-4-3-5-14(13)16/h3-6,10,12,15,17-18,25H,7-9,11,24H2,1-2H3,(H,26,33)(H,27,29)(H,28,32)(H,30,31)(H,34,35). The largest absolute Gasteiger partial charge is 0.481 e. The molecule has 0 spiro atoms. The fraction of sp³-hybridized carbons (Fsp3) is 0.435. The third kappa shape index (κ3) is 8.41. The Kier molecular flexibility index (Phi) is 9.76. The fourth-order valence-electron chi connectivity index (χ4n) is 3.52. The molecule has 0 radical (unpaired) electrons. The van der Waals surface area contributed by atoms with Crippen molar-refractivity contribution in [2.24, 2.45) is 11.7 Å². The number of fused-ring (bicyclic) bond motifs is 1. The topological polar surface area (TPSA) is 204 Å². The van der Waals surface area contributed by atoms with E-state index in [1.165, 1.54) is 0 Å². The van der Waals surface area contributed by atoms with Gasteiger partial charge in [-0.25, -0.2) is 4.79 Å². The number of carboxylic acids is 2. The maximum Gasteiger partial charge on any atom is 0.326 e. The highest BCUT2D eigenvalue weighted by atomic mass is 16.4. The minimum atomic E-state index is -1.33. The quantitative estimate of drug-likeness (QED) is 0.199. The number of amides is 3. The van der Waals surface area contributed by atoms with Crippen molar-refractivity contribution in [1.29, 1.82) is 0 Å². The molecular weight excluding hydrogens is 458 g/mol. The van der Waals surface area contributed by atoms with Gasteiger partial charge in [-0.3, -0.25) is 19.2 Å². The molecule has 0 saturated carbocycles. The molecule has 0 bridgehead atoms. The van der Waals surface area contributed by atoms with Crippen LogP contribution in [0.5, 0.6) is 0 Å². The Bertz CT molecular complexity index is 1080. The Morgan fingerprint density at radius 2 is 1.69 bits per heavy atom. The number of carbonyl (C=O) groups is 5. The average Bonchev–Trinajstić information content (AvgIpc) is 3.18. The van der Waals surface area contributed by atoms with Gasteiger partial charge < -0.3 is 36.9 Å². The summed E-state index contributed by atoms with van der Waals surface area (Å²) >= 11 is 0. The Morgan fingerprint density at radius 3 is 2.31 bits per heavy atom. The summed E-state index contributed by atoms with van der Waals surface area (Å²) in [4.78, 5) is 62.7. The second kappa shape index (κ2) is 12.5. The highest BCUT2D eigenvalue weighted by molar-refractivity contribution is 5.93. The lowest BCUT2D eigenvalue weighted by molar-refractivity contribution is -0.141. The monoisotopic (exact) mass is 489 g/mol. The van der Waals surface area contributed by atoms with Gasteiger partial charge in [-0.1, -0.05) is 32.0 Å². The van der Waals surface area contributed by atoms with E-state index < -0.39 is 60.8 Å². The maximum absolute atomic E-state index is 12.6. The summed E-state index contributed by atoms with van der Waals surface area (Å²) in [5, 5.41) is 26.4. The van der Waals surface area contributed by atoms with Gasteiger partial charge in [-0.05, 0) is 24.0 Å². The Balaban J connectivity index is 1.96. The molecule has 2 rings (SSSR count). The van der Waals surface area contributed by atoms with Crippen molar-refractivity contribution in [2.45, 2.75) is 51.2 Å². The number of rotatable bonds is 13. The number of benzene rings is 1. The van der Waals surface area contributed by atoms with Crippen LogP contribution in [0.15, 0.2) is 30.5 Å². The first-order valence-corrected chi connectivity index (χ1v) is 11.1. The van der Waals surface area contributed by atoms with Gasteiger partial charge in [0.25, 0.3) is 0 Å². The van der Waals surface area contributed by atoms with Crippen LogP contribution in [-0.2, 0) is 30.4 Å². The van der Waals surface area contributed by atoms with Crippen molar-refractivity contribution in [3.63, 3.8) is 0 Å². The summed E-state index contributed by atoms with van der Waals surface area (Å²) in [6.45, 7) is 3.12. The lowest BCUT2D eigenvalue weighted by Gasteiger charge is -2.22. The van der Waals surface area contributed by atoms with E-state index in [9.17, 15) is 29.1 Å². The van der Waals surface area contributed by atoms with Crippen LogP contribution in [0.3, 0.4) is 0 Å². The van der Waals surface area contributed by atoms with Crippen molar-refractivity contribution >= 4 is 40.6 Å². The SMILES string of the molecule is CC(C)CC(NC(=O)C(N)CC(=O)O)C(=O)NCC(=O)NC(Cc1c[nH]c2ccccc12)C(=O)O. The summed E-state index contributed by atoms with van der Waals surface area (Å²) in [5.74, 6) is -4.69. The van der Waals surface area contributed by atoms with E-state index >= 15 is 0 Å². The summed E-state index contributed by atoms with van der Waals surface area (Å²) in [6.07, 6.45) is 1.34. The van der Waals surface area contributed by atoms with Gasteiger partial charge in [0.2, 0.25) is 17.7 Å². The highest BCUT2D eigenvalue weighted by Crippen LogP contribution is 2.19. The summed E-state index contributed by atoms with van der Waals surface area (Å²) in [6, 6.07) is 3.76. The molecule has 0 saturated heterocycles. The first kappa shape index (κ1) is 27.3.